The molecule has 0 heterocycles. The summed E-state index contributed by atoms with van der Waals surface area (Å²) in [6.07, 6.45) is 0.780. The molecule has 0 saturated heterocycles. The Labute approximate surface area is 50.7 Å². The number of hydrogen-bond acceptors (Lipinski definition) is 3. The average molecular weight is 156 g/mol. The summed E-state index contributed by atoms with van der Waals surface area (Å²) in [4.78, 5) is 9.38. The summed E-state index contributed by atoms with van der Waals surface area (Å²) in [6, 6.07) is 0. The van der Waals surface area contributed by atoms with E-state index >= 15 is 0 Å². The SMILES string of the molecule is O=CC=NS(=O)(=O)Cl. The normalized spacial score (nSPS) is 12.1. The second-order valence-corrected chi connectivity index (χ2v) is 3.01. The fraction of sp³-hybridized carbons (Fsp3) is 0. The summed E-state index contributed by atoms with van der Waals surface area (Å²) in [5.41, 5.74) is 0. The molecule has 0 fully saturated rings. The third kappa shape index (κ3) is 5.58. The highest BCUT2D eigenvalue weighted by Gasteiger charge is 1.94. The first-order valence-electron chi connectivity index (χ1n) is 1.50. The van der Waals surface area contributed by atoms with Crippen LogP contribution in [0.4, 0.5) is 0 Å². The van der Waals surface area contributed by atoms with Crippen molar-refractivity contribution < 1.29 is 13.2 Å². The van der Waals surface area contributed by atoms with Crippen LogP contribution >= 0.6 is 10.7 Å². The van der Waals surface area contributed by atoms with Gasteiger partial charge in [0.2, 0.25) is 0 Å². The first kappa shape index (κ1) is 7.58. The third-order valence-electron chi connectivity index (χ3n) is 0.248. The van der Waals surface area contributed by atoms with Gasteiger partial charge in [0.25, 0.3) is 0 Å². The molecule has 0 amide bonds. The Morgan fingerprint density at radius 1 is 1.50 bits per heavy atom. The van der Waals surface area contributed by atoms with Crippen molar-refractivity contribution in [2.24, 2.45) is 4.40 Å². The number of rotatable bonds is 2. The molecule has 4 nitrogen and oxygen atoms in total. The number of hydrogen-bond donors (Lipinski definition) is 0. The predicted molar refractivity (Wildman–Crippen MR) is 29.3 cm³/mol. The number of halogens is 1. The average Bonchev–Trinajstić information content (AvgIpc) is 1.59. The van der Waals surface area contributed by atoms with Gasteiger partial charge >= 0.3 is 9.24 Å². The van der Waals surface area contributed by atoms with Gasteiger partial charge in [-0.3, -0.25) is 4.79 Å². The summed E-state index contributed by atoms with van der Waals surface area (Å²) < 4.78 is 22.2. The lowest BCUT2D eigenvalue weighted by Crippen LogP contribution is -1.82. The molecule has 0 aliphatic rings. The van der Waals surface area contributed by atoms with Gasteiger partial charge in [0, 0.05) is 10.7 Å². The fourth-order valence-corrected chi connectivity index (χ4v) is 0.431. The van der Waals surface area contributed by atoms with Gasteiger partial charge in [-0.15, -0.1) is 0 Å². The zero-order valence-electron chi connectivity index (χ0n) is 3.61. The Morgan fingerprint density at radius 2 is 2.00 bits per heavy atom. The Balaban J connectivity index is 4.12. The van der Waals surface area contributed by atoms with Gasteiger partial charge in [-0.25, -0.2) is 0 Å². The Bertz CT molecular complexity index is 193. The van der Waals surface area contributed by atoms with E-state index in [1.165, 1.54) is 0 Å². The van der Waals surface area contributed by atoms with E-state index in [1.807, 2.05) is 0 Å². The molecule has 0 aliphatic carbocycles. The van der Waals surface area contributed by atoms with E-state index in [2.05, 4.69) is 15.1 Å². The van der Waals surface area contributed by atoms with Gasteiger partial charge < -0.3 is 0 Å². The van der Waals surface area contributed by atoms with E-state index in [0.29, 0.717) is 6.21 Å². The molecule has 8 heavy (non-hydrogen) atoms. The van der Waals surface area contributed by atoms with E-state index in [1.54, 1.807) is 0 Å². The lowest BCUT2D eigenvalue weighted by molar-refractivity contribution is -0.102. The van der Waals surface area contributed by atoms with Crippen molar-refractivity contribution in [2.45, 2.75) is 0 Å². The van der Waals surface area contributed by atoms with E-state index in [-0.39, 0.29) is 6.29 Å². The zero-order valence-corrected chi connectivity index (χ0v) is 5.19. The smallest absolute Gasteiger partial charge is 0.297 e. The minimum Gasteiger partial charge on any atom is -0.297 e. The molecule has 0 aromatic rings. The number of carbonyl (C=O) groups is 1. The van der Waals surface area contributed by atoms with Crippen LogP contribution in [-0.2, 0) is 14.0 Å². The maximum atomic E-state index is 9.80. The van der Waals surface area contributed by atoms with Crippen LogP contribution < -0.4 is 0 Å². The Morgan fingerprint density at radius 3 is 2.12 bits per heavy atom. The van der Waals surface area contributed by atoms with Crippen molar-refractivity contribution in [1.29, 1.82) is 0 Å². The first-order valence-corrected chi connectivity index (χ1v) is 3.76. The van der Waals surface area contributed by atoms with Crippen LogP contribution in [-0.4, -0.2) is 20.9 Å². The van der Waals surface area contributed by atoms with Crippen LogP contribution in [0.2, 0.25) is 0 Å². The molecule has 0 spiro atoms. The molecule has 0 atom stereocenters. The topological polar surface area (TPSA) is 63.6 Å². The highest BCUT2D eigenvalue weighted by Crippen LogP contribution is 1.93. The number of carbonyl (C=O) groups excluding carboxylic acids is 1. The minimum absolute atomic E-state index is 0.222. The molecule has 6 heteroatoms. The molecule has 0 aromatic carbocycles. The second kappa shape index (κ2) is 2.78. The molecule has 0 aliphatic heterocycles. The standard InChI is InChI=1S/C2H2ClNO3S/c3-8(6,7)4-1-2-5/h1-2H. The highest BCUT2D eigenvalue weighted by atomic mass is 35.7. The molecule has 0 N–H and O–H groups in total. The summed E-state index contributed by atoms with van der Waals surface area (Å²) in [5.74, 6) is 0. The first-order chi connectivity index (χ1) is 3.56. The molecule has 0 rings (SSSR count). The van der Waals surface area contributed by atoms with Gasteiger partial charge in [-0.1, -0.05) is 0 Å². The summed E-state index contributed by atoms with van der Waals surface area (Å²) in [7, 11) is 0.651. The van der Waals surface area contributed by atoms with Gasteiger partial charge in [0.05, 0.1) is 6.21 Å². The minimum atomic E-state index is -3.88. The highest BCUT2D eigenvalue weighted by molar-refractivity contribution is 8.12. The molecular formula is C2H2ClNO3S. The van der Waals surface area contributed by atoms with Crippen LogP contribution in [0, 0.1) is 0 Å². The van der Waals surface area contributed by atoms with E-state index in [9.17, 15) is 13.2 Å². The number of nitrogens with zero attached hydrogens (tertiary/aromatic N) is 1. The molecule has 0 saturated carbocycles. The van der Waals surface area contributed by atoms with Gasteiger partial charge in [-0.2, -0.15) is 12.8 Å². The van der Waals surface area contributed by atoms with E-state index in [4.69, 9.17) is 0 Å². The molecule has 0 unspecified atom stereocenters. The van der Waals surface area contributed by atoms with Crippen molar-refractivity contribution in [3.8, 4) is 0 Å². The zero-order chi connectivity index (χ0) is 6.62. The molecular weight excluding hydrogens is 154 g/mol. The van der Waals surface area contributed by atoms with Gasteiger partial charge in [0.15, 0.2) is 6.29 Å². The van der Waals surface area contributed by atoms with Crippen LogP contribution in [0.5, 0.6) is 0 Å². The third-order valence-corrected chi connectivity index (χ3v) is 0.860. The van der Waals surface area contributed by atoms with Crippen molar-refractivity contribution in [1.82, 2.24) is 0 Å². The Kier molecular flexibility index (Phi) is 2.64. The molecule has 46 valence electrons. The van der Waals surface area contributed by atoms with Crippen molar-refractivity contribution >= 4 is 32.4 Å². The lowest BCUT2D eigenvalue weighted by atomic mass is 10.9. The Hall–Kier alpha value is -0.420. The monoisotopic (exact) mass is 155 g/mol. The maximum Gasteiger partial charge on any atom is 0.339 e. The van der Waals surface area contributed by atoms with Crippen molar-refractivity contribution in [3.63, 3.8) is 0 Å². The summed E-state index contributed by atoms with van der Waals surface area (Å²) >= 11 is 0. The largest absolute Gasteiger partial charge is 0.339 e. The van der Waals surface area contributed by atoms with Crippen molar-refractivity contribution in [2.75, 3.05) is 0 Å². The van der Waals surface area contributed by atoms with Crippen molar-refractivity contribution in [3.05, 3.63) is 0 Å². The van der Waals surface area contributed by atoms with E-state index < -0.39 is 9.24 Å². The molecule has 0 bridgehead atoms. The van der Waals surface area contributed by atoms with Crippen LogP contribution in [0.1, 0.15) is 0 Å². The second-order valence-electron chi connectivity index (χ2n) is 0.803. The maximum absolute atomic E-state index is 9.80. The van der Waals surface area contributed by atoms with Gasteiger partial charge in [0.1, 0.15) is 0 Å². The van der Waals surface area contributed by atoms with Crippen LogP contribution in [0.15, 0.2) is 4.40 Å². The van der Waals surface area contributed by atoms with Crippen LogP contribution in [0.25, 0.3) is 0 Å². The van der Waals surface area contributed by atoms with Crippen LogP contribution in [0.3, 0.4) is 0 Å². The quantitative estimate of drug-likeness (QED) is 0.314. The van der Waals surface area contributed by atoms with E-state index in [0.717, 1.165) is 0 Å². The van der Waals surface area contributed by atoms with Gasteiger partial charge in [-0.05, 0) is 0 Å². The molecule has 0 radical (unpaired) electrons. The number of aldehydes is 1. The summed E-state index contributed by atoms with van der Waals surface area (Å²) in [6.45, 7) is 0. The predicted octanol–water partition coefficient (Wildman–Crippen LogP) is -0.260. The summed E-state index contributed by atoms with van der Waals surface area (Å²) in [5, 5.41) is 0. The molecule has 0 aromatic heterocycles. The fourth-order valence-electron chi connectivity index (χ4n) is 0.0975. The lowest BCUT2D eigenvalue weighted by Gasteiger charge is -1.73.